The van der Waals surface area contributed by atoms with Crippen molar-refractivity contribution in [2.75, 3.05) is 26.2 Å². The first-order chi connectivity index (χ1) is 13.1. The molecule has 6 nitrogen and oxygen atoms in total. The van der Waals surface area contributed by atoms with Crippen LogP contribution in [-0.4, -0.2) is 51.7 Å². The van der Waals surface area contributed by atoms with Crippen molar-refractivity contribution in [1.82, 2.24) is 19.6 Å². The smallest absolute Gasteiger partial charge is 0.274 e. The van der Waals surface area contributed by atoms with Gasteiger partial charge in [-0.25, -0.2) is 0 Å². The van der Waals surface area contributed by atoms with Gasteiger partial charge >= 0.3 is 0 Å². The van der Waals surface area contributed by atoms with Crippen LogP contribution in [0.3, 0.4) is 0 Å². The van der Waals surface area contributed by atoms with Crippen LogP contribution in [-0.2, 0) is 13.1 Å². The molecule has 1 saturated heterocycles. The Morgan fingerprint density at radius 3 is 2.74 bits per heavy atom. The van der Waals surface area contributed by atoms with E-state index in [1.165, 1.54) is 0 Å². The van der Waals surface area contributed by atoms with Crippen molar-refractivity contribution in [1.29, 1.82) is 0 Å². The first kappa shape index (κ1) is 18.3. The van der Waals surface area contributed by atoms with Crippen LogP contribution < -0.4 is 0 Å². The summed E-state index contributed by atoms with van der Waals surface area (Å²) in [4.78, 5) is 17.1. The highest BCUT2D eigenvalue weighted by molar-refractivity contribution is 5.92. The molecule has 4 heterocycles. The number of carbonyl (C=O) groups is 1. The van der Waals surface area contributed by atoms with Gasteiger partial charge < -0.3 is 9.32 Å². The monoisotopic (exact) mass is 370 g/mol. The van der Waals surface area contributed by atoms with E-state index in [9.17, 15) is 4.79 Å². The molecule has 27 heavy (non-hydrogen) atoms. The lowest BCUT2D eigenvalue weighted by Crippen LogP contribution is -2.28. The fourth-order valence-corrected chi connectivity index (χ4v) is 4.14. The number of likely N-dealkylation sites (tertiary alicyclic amines) is 1. The summed E-state index contributed by atoms with van der Waals surface area (Å²) in [5.41, 5.74) is 1.78. The standard InChI is InChI=1S/C21H30N4O2/c1-16(20-7-6-17(2)27-20)8-13-23-9-5-12-25-18(15-23)14-19(22-25)21(26)24-10-3-4-11-24/h6-7,14,16H,3-5,8-13,15H2,1-2H3/t16-/m1/s1. The maximum atomic E-state index is 12.6. The predicted octanol–water partition coefficient (Wildman–Crippen LogP) is 3.42. The fraction of sp³-hybridized carbons (Fsp3) is 0.619. The summed E-state index contributed by atoms with van der Waals surface area (Å²) in [6.07, 6.45) is 4.36. The van der Waals surface area contributed by atoms with Gasteiger partial charge in [-0.15, -0.1) is 0 Å². The number of furan rings is 1. The number of hydrogen-bond acceptors (Lipinski definition) is 4. The normalized spacial score (nSPS) is 19.1. The molecule has 0 unspecified atom stereocenters. The van der Waals surface area contributed by atoms with E-state index in [4.69, 9.17) is 4.42 Å². The minimum atomic E-state index is 0.0986. The van der Waals surface area contributed by atoms with Gasteiger partial charge in [-0.2, -0.15) is 5.10 Å². The Morgan fingerprint density at radius 1 is 1.19 bits per heavy atom. The average molecular weight is 370 g/mol. The second-order valence-corrected chi connectivity index (χ2v) is 8.01. The Kier molecular flexibility index (Phi) is 5.34. The summed E-state index contributed by atoms with van der Waals surface area (Å²) in [7, 11) is 0. The van der Waals surface area contributed by atoms with Crippen LogP contribution >= 0.6 is 0 Å². The van der Waals surface area contributed by atoms with Crippen LogP contribution in [0.4, 0.5) is 0 Å². The number of amides is 1. The number of hydrogen-bond donors (Lipinski definition) is 0. The first-order valence-electron chi connectivity index (χ1n) is 10.2. The topological polar surface area (TPSA) is 54.5 Å². The third-order valence-corrected chi connectivity index (χ3v) is 5.83. The van der Waals surface area contributed by atoms with Crippen LogP contribution in [0.5, 0.6) is 0 Å². The van der Waals surface area contributed by atoms with Crippen LogP contribution in [0.15, 0.2) is 22.6 Å². The van der Waals surface area contributed by atoms with Gasteiger partial charge in [0.1, 0.15) is 11.5 Å². The van der Waals surface area contributed by atoms with E-state index in [0.717, 1.165) is 82.2 Å². The molecular formula is C21H30N4O2. The zero-order chi connectivity index (χ0) is 18.8. The van der Waals surface area contributed by atoms with Gasteiger partial charge in [0, 0.05) is 38.6 Å². The van der Waals surface area contributed by atoms with Gasteiger partial charge in [-0.3, -0.25) is 14.4 Å². The lowest BCUT2D eigenvalue weighted by atomic mass is 10.0. The summed E-state index contributed by atoms with van der Waals surface area (Å²) in [5, 5.41) is 4.62. The largest absolute Gasteiger partial charge is 0.466 e. The number of nitrogens with zero attached hydrogens (tertiary/aromatic N) is 4. The maximum Gasteiger partial charge on any atom is 0.274 e. The van der Waals surface area contributed by atoms with E-state index in [1.807, 2.05) is 28.6 Å². The van der Waals surface area contributed by atoms with E-state index < -0.39 is 0 Å². The molecule has 0 aliphatic carbocycles. The molecule has 4 rings (SSSR count). The van der Waals surface area contributed by atoms with Crippen molar-refractivity contribution >= 4 is 5.91 Å². The molecule has 2 aromatic heterocycles. The minimum absolute atomic E-state index is 0.0986. The molecule has 0 N–H and O–H groups in total. The SMILES string of the molecule is Cc1ccc([C@H](C)CCN2CCCn3nc(C(=O)N4CCCC4)cc3C2)o1. The molecule has 0 aromatic carbocycles. The number of fused-ring (bicyclic) bond motifs is 1. The van der Waals surface area contributed by atoms with Crippen molar-refractivity contribution in [3.05, 3.63) is 41.1 Å². The van der Waals surface area contributed by atoms with Crippen LogP contribution in [0.1, 0.15) is 66.2 Å². The third-order valence-electron chi connectivity index (χ3n) is 5.83. The number of aryl methyl sites for hydroxylation is 2. The number of aromatic nitrogens is 2. The molecule has 0 radical (unpaired) electrons. The highest BCUT2D eigenvalue weighted by atomic mass is 16.3. The van der Waals surface area contributed by atoms with E-state index in [0.29, 0.717) is 11.6 Å². The molecule has 0 spiro atoms. The van der Waals surface area contributed by atoms with Crippen LogP contribution in [0.25, 0.3) is 0 Å². The van der Waals surface area contributed by atoms with Crippen molar-refractivity contribution in [3.63, 3.8) is 0 Å². The maximum absolute atomic E-state index is 12.6. The lowest BCUT2D eigenvalue weighted by Gasteiger charge is -2.21. The lowest BCUT2D eigenvalue weighted by molar-refractivity contribution is 0.0786. The van der Waals surface area contributed by atoms with E-state index in [-0.39, 0.29) is 5.91 Å². The molecule has 1 amide bonds. The average Bonchev–Trinajstić information content (AvgIpc) is 3.39. The Hall–Kier alpha value is -2.08. The van der Waals surface area contributed by atoms with Crippen molar-refractivity contribution in [3.8, 4) is 0 Å². The van der Waals surface area contributed by atoms with Gasteiger partial charge in [0.25, 0.3) is 5.91 Å². The predicted molar refractivity (Wildman–Crippen MR) is 104 cm³/mol. The zero-order valence-corrected chi connectivity index (χ0v) is 16.5. The van der Waals surface area contributed by atoms with Gasteiger partial charge in [-0.05, 0) is 57.4 Å². The molecule has 2 aliphatic rings. The van der Waals surface area contributed by atoms with E-state index in [1.54, 1.807) is 0 Å². The molecule has 146 valence electrons. The minimum Gasteiger partial charge on any atom is -0.466 e. The van der Waals surface area contributed by atoms with E-state index in [2.05, 4.69) is 23.0 Å². The van der Waals surface area contributed by atoms with Crippen molar-refractivity contribution in [2.45, 2.75) is 58.5 Å². The molecule has 1 atom stereocenters. The first-order valence-corrected chi connectivity index (χ1v) is 10.2. The summed E-state index contributed by atoms with van der Waals surface area (Å²) in [6, 6.07) is 6.14. The molecule has 0 saturated carbocycles. The highest BCUT2D eigenvalue weighted by Crippen LogP contribution is 2.23. The van der Waals surface area contributed by atoms with Crippen LogP contribution in [0, 0.1) is 6.92 Å². The second kappa shape index (κ2) is 7.89. The van der Waals surface area contributed by atoms with Gasteiger partial charge in [0.05, 0.1) is 5.69 Å². The number of rotatable bonds is 5. The number of carbonyl (C=O) groups excluding carboxylic acids is 1. The summed E-state index contributed by atoms with van der Waals surface area (Å²) in [6.45, 7) is 9.83. The van der Waals surface area contributed by atoms with Gasteiger partial charge in [0.15, 0.2) is 5.69 Å². The summed E-state index contributed by atoms with van der Waals surface area (Å²) < 4.78 is 7.81. The second-order valence-electron chi connectivity index (χ2n) is 8.01. The Labute approximate surface area is 161 Å². The van der Waals surface area contributed by atoms with Gasteiger partial charge in [-0.1, -0.05) is 6.92 Å². The molecule has 0 bridgehead atoms. The van der Waals surface area contributed by atoms with Gasteiger partial charge in [0.2, 0.25) is 0 Å². The van der Waals surface area contributed by atoms with Crippen molar-refractivity contribution in [2.24, 2.45) is 0 Å². The third kappa shape index (κ3) is 4.10. The molecule has 2 aliphatic heterocycles. The molecule has 6 heteroatoms. The molecule has 2 aromatic rings. The van der Waals surface area contributed by atoms with Crippen molar-refractivity contribution < 1.29 is 9.21 Å². The Balaban J connectivity index is 1.38. The molecule has 1 fully saturated rings. The fourth-order valence-electron chi connectivity index (χ4n) is 4.14. The Bertz CT molecular complexity index is 788. The van der Waals surface area contributed by atoms with Crippen LogP contribution in [0.2, 0.25) is 0 Å². The zero-order valence-electron chi connectivity index (χ0n) is 16.5. The summed E-state index contributed by atoms with van der Waals surface area (Å²) in [5.74, 6) is 2.57. The Morgan fingerprint density at radius 2 is 2.00 bits per heavy atom. The quantitative estimate of drug-likeness (QED) is 0.809. The molecular weight excluding hydrogens is 340 g/mol. The van der Waals surface area contributed by atoms with E-state index >= 15 is 0 Å². The summed E-state index contributed by atoms with van der Waals surface area (Å²) >= 11 is 0. The highest BCUT2D eigenvalue weighted by Gasteiger charge is 2.25.